The number of hydrogen-bond donors (Lipinski definition) is 0. The van der Waals surface area contributed by atoms with Crippen LogP contribution in [0.4, 0.5) is 0 Å². The van der Waals surface area contributed by atoms with Crippen molar-refractivity contribution in [3.8, 4) is 56.4 Å². The molecule has 0 fully saturated rings. The zero-order valence-electron chi connectivity index (χ0n) is 23.0. The second-order valence-electron chi connectivity index (χ2n) is 9.57. The monoisotopic (exact) mass is 526 g/mol. The lowest BCUT2D eigenvalue weighted by molar-refractivity contribution is 0.411. The van der Waals surface area contributed by atoms with Gasteiger partial charge in [-0.1, -0.05) is 72.8 Å². The van der Waals surface area contributed by atoms with Gasteiger partial charge in [-0.2, -0.15) is 0 Å². The standard InChI is InChI=1S/C36H30O4/c1-37-27-15-9-13-23(19-27)31-21-25-11-5-7-17-29(25)33(35(31)39-3)34-30-18-8-6-12-26(30)22-32(36(34)40-4)24-14-10-16-28(20-24)38-2/h5-22H,1-4H3. The summed E-state index contributed by atoms with van der Waals surface area (Å²) in [6.45, 7) is 0. The molecular weight excluding hydrogens is 496 g/mol. The average Bonchev–Trinajstić information content (AvgIpc) is 3.02. The van der Waals surface area contributed by atoms with Gasteiger partial charge in [-0.25, -0.2) is 0 Å². The number of methoxy groups -OCH3 is 4. The number of benzene rings is 6. The normalized spacial score (nSPS) is 11.0. The summed E-state index contributed by atoms with van der Waals surface area (Å²) in [5, 5.41) is 4.37. The number of ether oxygens (including phenoxy) is 4. The molecule has 0 radical (unpaired) electrons. The Morgan fingerprint density at radius 1 is 0.400 bits per heavy atom. The van der Waals surface area contributed by atoms with Gasteiger partial charge in [0.2, 0.25) is 0 Å². The summed E-state index contributed by atoms with van der Waals surface area (Å²) >= 11 is 0. The second-order valence-corrected chi connectivity index (χ2v) is 9.57. The van der Waals surface area contributed by atoms with Crippen LogP contribution in [-0.4, -0.2) is 28.4 Å². The summed E-state index contributed by atoms with van der Waals surface area (Å²) in [6.07, 6.45) is 0. The van der Waals surface area contributed by atoms with Crippen LogP contribution >= 0.6 is 0 Å². The van der Waals surface area contributed by atoms with Crippen molar-refractivity contribution in [1.82, 2.24) is 0 Å². The van der Waals surface area contributed by atoms with Gasteiger partial charge < -0.3 is 18.9 Å². The molecule has 6 rings (SSSR count). The third kappa shape index (κ3) is 4.28. The smallest absolute Gasteiger partial charge is 0.135 e. The van der Waals surface area contributed by atoms with Crippen LogP contribution in [0.1, 0.15) is 0 Å². The molecule has 6 aromatic rings. The van der Waals surface area contributed by atoms with Crippen molar-refractivity contribution in [2.75, 3.05) is 28.4 Å². The minimum Gasteiger partial charge on any atom is -0.497 e. The van der Waals surface area contributed by atoms with Crippen molar-refractivity contribution in [1.29, 1.82) is 0 Å². The topological polar surface area (TPSA) is 36.9 Å². The molecule has 0 aliphatic carbocycles. The van der Waals surface area contributed by atoms with E-state index in [1.54, 1.807) is 28.4 Å². The first-order valence-electron chi connectivity index (χ1n) is 13.2. The van der Waals surface area contributed by atoms with E-state index < -0.39 is 0 Å². The zero-order chi connectivity index (χ0) is 27.6. The second kappa shape index (κ2) is 10.7. The largest absolute Gasteiger partial charge is 0.497 e. The Balaban J connectivity index is 1.78. The fourth-order valence-electron chi connectivity index (χ4n) is 5.59. The highest BCUT2D eigenvalue weighted by Gasteiger charge is 2.25. The van der Waals surface area contributed by atoms with Gasteiger partial charge in [-0.3, -0.25) is 0 Å². The fourth-order valence-corrected chi connectivity index (χ4v) is 5.59. The first-order chi connectivity index (χ1) is 19.7. The Morgan fingerprint density at radius 3 is 1.23 bits per heavy atom. The first kappa shape index (κ1) is 25.3. The minimum atomic E-state index is 0.776. The van der Waals surface area contributed by atoms with Crippen LogP contribution in [0.15, 0.2) is 109 Å². The summed E-state index contributed by atoms with van der Waals surface area (Å²) in [6, 6.07) is 37.4. The van der Waals surface area contributed by atoms with E-state index >= 15 is 0 Å². The molecule has 0 unspecified atom stereocenters. The van der Waals surface area contributed by atoms with Crippen molar-refractivity contribution >= 4 is 21.5 Å². The van der Waals surface area contributed by atoms with E-state index in [-0.39, 0.29) is 0 Å². The summed E-state index contributed by atoms with van der Waals surface area (Å²) in [5.41, 5.74) is 5.94. The molecule has 0 saturated carbocycles. The Labute approximate surface area is 234 Å². The molecule has 0 saturated heterocycles. The molecule has 0 aliphatic heterocycles. The molecule has 4 nitrogen and oxygen atoms in total. The molecule has 4 heteroatoms. The van der Waals surface area contributed by atoms with Crippen molar-refractivity contribution in [2.45, 2.75) is 0 Å². The van der Waals surface area contributed by atoms with E-state index in [1.807, 2.05) is 36.4 Å². The lowest BCUT2D eigenvalue weighted by Crippen LogP contribution is -1.99. The van der Waals surface area contributed by atoms with Crippen LogP contribution in [0.5, 0.6) is 23.0 Å². The molecule has 0 spiro atoms. The lowest BCUT2D eigenvalue weighted by atomic mass is 9.86. The number of fused-ring (bicyclic) bond motifs is 2. The van der Waals surface area contributed by atoms with Gasteiger partial charge in [-0.05, 0) is 69.1 Å². The van der Waals surface area contributed by atoms with E-state index in [0.29, 0.717) is 0 Å². The molecule has 0 aromatic heterocycles. The van der Waals surface area contributed by atoms with E-state index in [2.05, 4.69) is 72.8 Å². The van der Waals surface area contributed by atoms with Gasteiger partial charge in [-0.15, -0.1) is 0 Å². The van der Waals surface area contributed by atoms with Crippen LogP contribution in [-0.2, 0) is 0 Å². The Morgan fingerprint density at radius 2 is 0.825 bits per heavy atom. The van der Waals surface area contributed by atoms with Gasteiger partial charge in [0.1, 0.15) is 23.0 Å². The Hall–Kier alpha value is -4.96. The molecular formula is C36H30O4. The highest BCUT2D eigenvalue weighted by Crippen LogP contribution is 2.52. The fraction of sp³-hybridized carbons (Fsp3) is 0.111. The third-order valence-corrected chi connectivity index (χ3v) is 7.42. The average molecular weight is 527 g/mol. The summed E-state index contributed by atoms with van der Waals surface area (Å²) in [7, 11) is 6.84. The quantitative estimate of drug-likeness (QED) is 0.208. The van der Waals surface area contributed by atoms with Crippen molar-refractivity contribution < 1.29 is 18.9 Å². The molecule has 0 bridgehead atoms. The maximum atomic E-state index is 6.28. The van der Waals surface area contributed by atoms with Crippen LogP contribution < -0.4 is 18.9 Å². The predicted molar refractivity (Wildman–Crippen MR) is 164 cm³/mol. The van der Waals surface area contributed by atoms with Crippen LogP contribution in [0, 0.1) is 0 Å². The van der Waals surface area contributed by atoms with E-state index in [9.17, 15) is 0 Å². The number of hydrogen-bond acceptors (Lipinski definition) is 4. The minimum absolute atomic E-state index is 0.776. The molecule has 0 atom stereocenters. The molecule has 0 heterocycles. The molecule has 0 amide bonds. The van der Waals surface area contributed by atoms with Gasteiger partial charge in [0.05, 0.1) is 28.4 Å². The van der Waals surface area contributed by atoms with Crippen LogP contribution in [0.25, 0.3) is 54.9 Å². The van der Waals surface area contributed by atoms with Gasteiger partial charge in [0, 0.05) is 22.3 Å². The van der Waals surface area contributed by atoms with Crippen LogP contribution in [0.2, 0.25) is 0 Å². The molecule has 0 N–H and O–H groups in total. The van der Waals surface area contributed by atoms with Crippen LogP contribution in [0.3, 0.4) is 0 Å². The van der Waals surface area contributed by atoms with Gasteiger partial charge in [0.25, 0.3) is 0 Å². The zero-order valence-corrected chi connectivity index (χ0v) is 23.0. The van der Waals surface area contributed by atoms with Crippen molar-refractivity contribution in [3.63, 3.8) is 0 Å². The summed E-state index contributed by atoms with van der Waals surface area (Å²) in [5.74, 6) is 3.13. The van der Waals surface area contributed by atoms with Gasteiger partial charge >= 0.3 is 0 Å². The predicted octanol–water partition coefficient (Wildman–Crippen LogP) is 9.03. The lowest BCUT2D eigenvalue weighted by Gasteiger charge is -2.23. The third-order valence-electron chi connectivity index (χ3n) is 7.42. The Kier molecular flexibility index (Phi) is 6.75. The van der Waals surface area contributed by atoms with Crippen molar-refractivity contribution in [3.05, 3.63) is 109 Å². The first-order valence-corrected chi connectivity index (χ1v) is 13.2. The highest BCUT2D eigenvalue weighted by molar-refractivity contribution is 6.14. The molecule has 40 heavy (non-hydrogen) atoms. The highest BCUT2D eigenvalue weighted by atomic mass is 16.5. The summed E-state index contributed by atoms with van der Waals surface area (Å²) in [4.78, 5) is 0. The molecule has 6 aromatic carbocycles. The number of rotatable bonds is 7. The molecule has 0 aliphatic rings. The maximum absolute atomic E-state index is 6.28. The van der Waals surface area contributed by atoms with Crippen molar-refractivity contribution in [2.24, 2.45) is 0 Å². The molecule has 198 valence electrons. The summed E-state index contributed by atoms with van der Waals surface area (Å²) < 4.78 is 23.7. The van der Waals surface area contributed by atoms with Gasteiger partial charge in [0.15, 0.2) is 0 Å². The van der Waals surface area contributed by atoms with E-state index in [1.165, 1.54) is 0 Å². The van der Waals surface area contributed by atoms with E-state index in [0.717, 1.165) is 77.9 Å². The SMILES string of the molecule is COc1cccc(-c2cc3ccccc3c(-c3c(OC)c(-c4cccc(OC)c4)cc4ccccc34)c2OC)c1. The van der Waals surface area contributed by atoms with E-state index in [4.69, 9.17) is 18.9 Å². The maximum Gasteiger partial charge on any atom is 0.135 e. The Bertz CT molecular complexity index is 1720.